The van der Waals surface area contributed by atoms with Crippen molar-refractivity contribution in [3.8, 4) is 5.69 Å². The highest BCUT2D eigenvalue weighted by molar-refractivity contribution is 6.05. The van der Waals surface area contributed by atoms with Crippen LogP contribution in [0.15, 0.2) is 49.1 Å². The van der Waals surface area contributed by atoms with Gasteiger partial charge in [0.2, 0.25) is 0 Å². The Balaban J connectivity index is 1.91. The second kappa shape index (κ2) is 7.43. The molecule has 8 nitrogen and oxygen atoms in total. The Morgan fingerprint density at radius 1 is 1.21 bits per heavy atom. The number of benzene rings is 2. The van der Waals surface area contributed by atoms with Gasteiger partial charge in [-0.05, 0) is 24.3 Å². The molecule has 0 aliphatic rings. The van der Waals surface area contributed by atoms with Gasteiger partial charge in [-0.1, -0.05) is 0 Å². The van der Waals surface area contributed by atoms with Gasteiger partial charge in [0.25, 0.3) is 11.6 Å². The van der Waals surface area contributed by atoms with Gasteiger partial charge < -0.3 is 14.8 Å². The SMILES string of the molecule is CN(C)c1c(F)cc(NC(=O)c2ccc(-n3ccnc3)c([N+](=O)[O-])c2)cc1F. The highest BCUT2D eigenvalue weighted by Gasteiger charge is 2.20. The Morgan fingerprint density at radius 3 is 2.43 bits per heavy atom. The number of nitrogens with one attached hydrogen (secondary N) is 1. The number of halogens is 2. The summed E-state index contributed by atoms with van der Waals surface area (Å²) in [6.07, 6.45) is 4.38. The lowest BCUT2D eigenvalue weighted by Gasteiger charge is -2.16. The van der Waals surface area contributed by atoms with Crippen molar-refractivity contribution < 1.29 is 18.5 Å². The van der Waals surface area contributed by atoms with Crippen LogP contribution in [0.2, 0.25) is 0 Å². The predicted octanol–water partition coefficient (Wildman–Crippen LogP) is 3.38. The minimum atomic E-state index is -0.846. The molecule has 28 heavy (non-hydrogen) atoms. The molecule has 1 N–H and O–H groups in total. The van der Waals surface area contributed by atoms with Gasteiger partial charge in [-0.2, -0.15) is 0 Å². The molecular weight excluding hydrogens is 372 g/mol. The molecule has 0 atom stereocenters. The van der Waals surface area contributed by atoms with E-state index in [0.29, 0.717) is 0 Å². The molecule has 0 unspecified atom stereocenters. The van der Waals surface area contributed by atoms with E-state index >= 15 is 0 Å². The first-order valence-electron chi connectivity index (χ1n) is 8.02. The largest absolute Gasteiger partial charge is 0.373 e. The molecule has 0 saturated carbocycles. The van der Waals surface area contributed by atoms with E-state index in [1.54, 1.807) is 0 Å². The van der Waals surface area contributed by atoms with Crippen molar-refractivity contribution in [2.45, 2.75) is 0 Å². The summed E-state index contributed by atoms with van der Waals surface area (Å²) in [5.74, 6) is -2.43. The average molecular weight is 387 g/mol. The summed E-state index contributed by atoms with van der Waals surface area (Å²) < 4.78 is 29.6. The highest BCUT2D eigenvalue weighted by atomic mass is 19.1. The van der Waals surface area contributed by atoms with Gasteiger partial charge in [-0.25, -0.2) is 13.8 Å². The van der Waals surface area contributed by atoms with Crippen molar-refractivity contribution in [2.75, 3.05) is 24.3 Å². The Kier molecular flexibility index (Phi) is 5.03. The van der Waals surface area contributed by atoms with E-state index in [0.717, 1.165) is 18.2 Å². The predicted molar refractivity (Wildman–Crippen MR) is 98.9 cm³/mol. The summed E-state index contributed by atoms with van der Waals surface area (Å²) in [5, 5.41) is 13.7. The summed E-state index contributed by atoms with van der Waals surface area (Å²) in [4.78, 5) is 28.3. The van der Waals surface area contributed by atoms with Crippen LogP contribution in [0.3, 0.4) is 0 Å². The third-order valence-corrected chi connectivity index (χ3v) is 3.94. The van der Waals surface area contributed by atoms with E-state index in [4.69, 9.17) is 0 Å². The number of anilines is 2. The van der Waals surface area contributed by atoms with Crippen molar-refractivity contribution in [1.29, 1.82) is 0 Å². The number of nitro groups is 1. The summed E-state index contributed by atoms with van der Waals surface area (Å²) in [6, 6.07) is 5.81. The Labute approximate surface area is 158 Å². The fourth-order valence-electron chi connectivity index (χ4n) is 2.70. The number of nitrogens with zero attached hydrogens (tertiary/aromatic N) is 4. The van der Waals surface area contributed by atoms with Crippen LogP contribution < -0.4 is 10.2 Å². The number of carbonyl (C=O) groups excluding carboxylic acids is 1. The van der Waals surface area contributed by atoms with Crippen LogP contribution in [0.1, 0.15) is 10.4 Å². The second-order valence-corrected chi connectivity index (χ2v) is 6.07. The van der Waals surface area contributed by atoms with Crippen LogP contribution in [0.25, 0.3) is 5.69 Å². The number of hydrogen-bond donors (Lipinski definition) is 1. The molecule has 0 aliphatic carbocycles. The number of amides is 1. The van der Waals surface area contributed by atoms with Gasteiger partial charge in [0.05, 0.1) is 11.3 Å². The molecule has 2 aromatic carbocycles. The van der Waals surface area contributed by atoms with Crippen molar-refractivity contribution >= 4 is 23.0 Å². The minimum Gasteiger partial charge on any atom is -0.373 e. The Hall–Kier alpha value is -3.82. The van der Waals surface area contributed by atoms with Crippen molar-refractivity contribution in [3.05, 3.63) is 76.4 Å². The number of nitro benzene ring substituents is 1. The summed E-state index contributed by atoms with van der Waals surface area (Å²) in [6.45, 7) is 0. The number of aromatic nitrogens is 2. The third kappa shape index (κ3) is 3.65. The molecule has 0 aliphatic heterocycles. The molecule has 0 bridgehead atoms. The van der Waals surface area contributed by atoms with Gasteiger partial charge in [0.1, 0.15) is 11.4 Å². The molecule has 0 saturated heterocycles. The van der Waals surface area contributed by atoms with Crippen LogP contribution in [0, 0.1) is 21.7 Å². The van der Waals surface area contributed by atoms with Crippen LogP contribution in [0.4, 0.5) is 25.8 Å². The van der Waals surface area contributed by atoms with E-state index < -0.39 is 22.5 Å². The zero-order chi connectivity index (χ0) is 20.4. The lowest BCUT2D eigenvalue weighted by molar-refractivity contribution is -0.384. The molecule has 0 fully saturated rings. The fraction of sp³-hybridized carbons (Fsp3) is 0.111. The maximum absolute atomic E-state index is 14.1. The smallest absolute Gasteiger partial charge is 0.294 e. The normalized spacial score (nSPS) is 10.6. The lowest BCUT2D eigenvalue weighted by Crippen LogP contribution is -2.16. The van der Waals surface area contributed by atoms with Crippen LogP contribution >= 0.6 is 0 Å². The zero-order valence-corrected chi connectivity index (χ0v) is 14.9. The van der Waals surface area contributed by atoms with Crippen molar-refractivity contribution in [2.24, 2.45) is 0 Å². The van der Waals surface area contributed by atoms with Gasteiger partial charge in [-0.15, -0.1) is 0 Å². The summed E-state index contributed by atoms with van der Waals surface area (Å²) >= 11 is 0. The van der Waals surface area contributed by atoms with E-state index in [1.165, 1.54) is 54.4 Å². The van der Waals surface area contributed by atoms with Crippen molar-refractivity contribution in [3.63, 3.8) is 0 Å². The maximum Gasteiger partial charge on any atom is 0.294 e. The average Bonchev–Trinajstić information content (AvgIpc) is 3.14. The number of imidazole rings is 1. The van der Waals surface area contributed by atoms with Gasteiger partial charge in [0.15, 0.2) is 11.6 Å². The molecule has 144 valence electrons. The first kappa shape index (κ1) is 19.0. The molecule has 3 rings (SSSR count). The third-order valence-electron chi connectivity index (χ3n) is 3.94. The highest BCUT2D eigenvalue weighted by Crippen LogP contribution is 2.27. The Bertz CT molecular complexity index is 1030. The molecule has 0 radical (unpaired) electrons. The maximum atomic E-state index is 14.1. The van der Waals surface area contributed by atoms with E-state index in [2.05, 4.69) is 10.3 Å². The van der Waals surface area contributed by atoms with Crippen LogP contribution in [-0.2, 0) is 0 Å². The van der Waals surface area contributed by atoms with Gasteiger partial charge in [0, 0.05) is 43.8 Å². The monoisotopic (exact) mass is 387 g/mol. The standard InChI is InChI=1S/C18H15F2N5O3/c1-23(2)17-13(19)8-12(9-14(17)20)22-18(26)11-3-4-15(16(7-11)25(27)28)24-6-5-21-10-24/h3-10H,1-2H3,(H,22,26). The first-order chi connectivity index (χ1) is 13.3. The van der Waals surface area contributed by atoms with Crippen LogP contribution in [0.5, 0.6) is 0 Å². The number of hydrogen-bond acceptors (Lipinski definition) is 5. The van der Waals surface area contributed by atoms with Crippen molar-refractivity contribution in [1.82, 2.24) is 9.55 Å². The molecule has 0 spiro atoms. The van der Waals surface area contributed by atoms with Gasteiger partial charge in [-0.3, -0.25) is 14.9 Å². The minimum absolute atomic E-state index is 0.0342. The number of rotatable bonds is 5. The Morgan fingerprint density at radius 2 is 1.89 bits per heavy atom. The first-order valence-corrected chi connectivity index (χ1v) is 8.02. The lowest BCUT2D eigenvalue weighted by atomic mass is 10.1. The van der Waals surface area contributed by atoms with Crippen LogP contribution in [-0.4, -0.2) is 34.5 Å². The molecule has 10 heteroatoms. The van der Waals surface area contributed by atoms with E-state index in [-0.39, 0.29) is 28.3 Å². The van der Waals surface area contributed by atoms with Gasteiger partial charge >= 0.3 is 0 Å². The topological polar surface area (TPSA) is 93.3 Å². The van der Waals surface area contributed by atoms with E-state index in [9.17, 15) is 23.7 Å². The summed E-state index contributed by atoms with van der Waals surface area (Å²) in [5.41, 5.74) is -0.462. The summed E-state index contributed by atoms with van der Waals surface area (Å²) in [7, 11) is 2.97. The molecule has 1 aromatic heterocycles. The molecule has 1 heterocycles. The number of carbonyl (C=O) groups is 1. The molecular formula is C18H15F2N5O3. The second-order valence-electron chi connectivity index (χ2n) is 6.07. The molecule has 3 aromatic rings. The fourth-order valence-corrected chi connectivity index (χ4v) is 2.70. The molecule has 1 amide bonds. The van der Waals surface area contributed by atoms with E-state index in [1.807, 2.05) is 0 Å². The zero-order valence-electron chi connectivity index (χ0n) is 14.9. The quantitative estimate of drug-likeness (QED) is 0.535.